The number of ether oxygens (including phenoxy) is 2. The molecule has 21 heavy (non-hydrogen) atoms. The predicted octanol–water partition coefficient (Wildman–Crippen LogP) is 3.54. The van der Waals surface area contributed by atoms with Crippen molar-refractivity contribution in [2.24, 2.45) is 0 Å². The van der Waals surface area contributed by atoms with Crippen molar-refractivity contribution >= 4 is 12.0 Å². The first-order valence-corrected chi connectivity index (χ1v) is 6.69. The number of aldehydes is 1. The summed E-state index contributed by atoms with van der Waals surface area (Å²) in [5, 5.41) is 10.9. The summed E-state index contributed by atoms with van der Waals surface area (Å²) in [6, 6.07) is 2.55. The van der Waals surface area contributed by atoms with Crippen LogP contribution in [-0.2, 0) is 0 Å². The second-order valence-electron chi connectivity index (χ2n) is 4.42. The Hall–Kier alpha value is -2.37. The van der Waals surface area contributed by atoms with E-state index in [1.165, 1.54) is 19.2 Å². The molecule has 1 aromatic carbocycles. The van der Waals surface area contributed by atoms with Crippen LogP contribution >= 0.6 is 0 Å². The van der Waals surface area contributed by atoms with E-state index in [2.05, 4.69) is 6.58 Å². The Bertz CT molecular complexity index is 513. The summed E-state index contributed by atoms with van der Waals surface area (Å²) >= 11 is 0. The molecule has 0 aliphatic heterocycles. The van der Waals surface area contributed by atoms with E-state index in [1.54, 1.807) is 0 Å². The number of nitro benzene ring substituents is 1. The Morgan fingerprint density at radius 3 is 2.62 bits per heavy atom. The van der Waals surface area contributed by atoms with Crippen molar-refractivity contribution in [2.45, 2.75) is 25.7 Å². The molecule has 0 spiro atoms. The number of methoxy groups -OCH3 is 1. The number of nitrogens with zero attached hydrogens (tertiary/aromatic N) is 1. The highest BCUT2D eigenvalue weighted by Crippen LogP contribution is 2.34. The Morgan fingerprint density at radius 2 is 2.05 bits per heavy atom. The van der Waals surface area contributed by atoms with Gasteiger partial charge < -0.3 is 9.47 Å². The molecule has 0 aliphatic carbocycles. The van der Waals surface area contributed by atoms with Crippen molar-refractivity contribution in [3.8, 4) is 11.5 Å². The Morgan fingerprint density at radius 1 is 1.29 bits per heavy atom. The van der Waals surface area contributed by atoms with Crippen molar-refractivity contribution in [1.82, 2.24) is 0 Å². The first-order chi connectivity index (χ1) is 10.1. The second-order valence-corrected chi connectivity index (χ2v) is 4.42. The minimum atomic E-state index is -0.611. The molecular formula is C15H19NO5. The number of rotatable bonds is 10. The van der Waals surface area contributed by atoms with Gasteiger partial charge in [0.25, 0.3) is 5.69 Å². The minimum absolute atomic E-state index is 0.0322. The zero-order valence-electron chi connectivity index (χ0n) is 12.0. The summed E-state index contributed by atoms with van der Waals surface area (Å²) < 4.78 is 10.6. The monoisotopic (exact) mass is 293 g/mol. The Kier molecular flexibility index (Phi) is 6.94. The summed E-state index contributed by atoms with van der Waals surface area (Å²) in [5.41, 5.74) is -0.317. The van der Waals surface area contributed by atoms with Crippen LogP contribution in [0.3, 0.4) is 0 Å². The molecule has 6 nitrogen and oxygen atoms in total. The van der Waals surface area contributed by atoms with Crippen molar-refractivity contribution in [2.75, 3.05) is 13.7 Å². The number of carbonyl (C=O) groups is 1. The molecule has 6 heteroatoms. The topological polar surface area (TPSA) is 78.7 Å². The molecule has 1 rings (SSSR count). The molecular weight excluding hydrogens is 274 g/mol. The lowest BCUT2D eigenvalue weighted by Gasteiger charge is -2.11. The van der Waals surface area contributed by atoms with Crippen LogP contribution < -0.4 is 9.47 Å². The van der Waals surface area contributed by atoms with Crippen LogP contribution in [0.5, 0.6) is 11.5 Å². The fraction of sp³-hybridized carbons (Fsp3) is 0.400. The molecule has 0 saturated heterocycles. The van der Waals surface area contributed by atoms with Gasteiger partial charge in [-0.3, -0.25) is 14.9 Å². The van der Waals surface area contributed by atoms with Gasteiger partial charge in [-0.25, -0.2) is 0 Å². The van der Waals surface area contributed by atoms with Crippen LogP contribution in [0.4, 0.5) is 5.69 Å². The van der Waals surface area contributed by atoms with Gasteiger partial charge >= 0.3 is 0 Å². The smallest absolute Gasteiger partial charge is 0.283 e. The van der Waals surface area contributed by atoms with E-state index >= 15 is 0 Å². The molecule has 114 valence electrons. The molecule has 0 saturated carbocycles. The summed E-state index contributed by atoms with van der Waals surface area (Å²) in [6.45, 7) is 4.09. The lowest BCUT2D eigenvalue weighted by Crippen LogP contribution is -2.02. The lowest BCUT2D eigenvalue weighted by atomic mass is 10.1. The number of nitro groups is 1. The largest absolute Gasteiger partial charge is 0.493 e. The highest BCUT2D eigenvalue weighted by Gasteiger charge is 2.19. The van der Waals surface area contributed by atoms with E-state index < -0.39 is 4.92 Å². The molecule has 1 aromatic rings. The predicted molar refractivity (Wildman–Crippen MR) is 79.2 cm³/mol. The molecule has 0 aromatic heterocycles. The third kappa shape index (κ3) is 4.91. The molecule has 0 bridgehead atoms. The van der Waals surface area contributed by atoms with Crippen molar-refractivity contribution < 1.29 is 19.2 Å². The van der Waals surface area contributed by atoms with Crippen molar-refractivity contribution in [1.29, 1.82) is 0 Å². The summed E-state index contributed by atoms with van der Waals surface area (Å²) in [5.74, 6) is 0.590. The number of benzene rings is 1. The van der Waals surface area contributed by atoms with E-state index in [0.29, 0.717) is 18.6 Å². The zero-order chi connectivity index (χ0) is 15.7. The number of hydrogen-bond donors (Lipinski definition) is 0. The third-order valence-corrected chi connectivity index (χ3v) is 2.95. The van der Waals surface area contributed by atoms with Gasteiger partial charge in [0.15, 0.2) is 17.8 Å². The summed E-state index contributed by atoms with van der Waals surface area (Å²) in [6.07, 6.45) is 6.12. The van der Waals surface area contributed by atoms with Crippen LogP contribution in [0.1, 0.15) is 36.0 Å². The Labute approximate surface area is 123 Å². The number of allylic oxidation sites excluding steroid dienone is 1. The van der Waals surface area contributed by atoms with E-state index in [0.717, 1.165) is 25.7 Å². The van der Waals surface area contributed by atoms with Gasteiger partial charge in [-0.2, -0.15) is 0 Å². The van der Waals surface area contributed by atoms with E-state index in [1.807, 2.05) is 6.08 Å². The van der Waals surface area contributed by atoms with Crippen molar-refractivity contribution in [3.63, 3.8) is 0 Å². The van der Waals surface area contributed by atoms with Crippen LogP contribution in [-0.4, -0.2) is 24.9 Å². The maximum absolute atomic E-state index is 10.9. The van der Waals surface area contributed by atoms with Gasteiger partial charge in [-0.15, -0.1) is 6.58 Å². The standard InChI is InChI=1S/C15H19NO5/c1-3-4-5-6-7-8-21-15-10-13(16(18)19)12(11-17)9-14(15)20-2/h3,9-11H,1,4-8H2,2H3. The first-order valence-electron chi connectivity index (χ1n) is 6.69. The van der Waals surface area contributed by atoms with Crippen molar-refractivity contribution in [3.05, 3.63) is 40.5 Å². The van der Waals surface area contributed by atoms with Crippen LogP contribution in [0.2, 0.25) is 0 Å². The molecule has 0 unspecified atom stereocenters. The van der Waals surface area contributed by atoms with E-state index in [-0.39, 0.29) is 17.0 Å². The van der Waals surface area contributed by atoms with Crippen LogP contribution in [0.15, 0.2) is 24.8 Å². The van der Waals surface area contributed by atoms with E-state index in [9.17, 15) is 14.9 Å². The average molecular weight is 293 g/mol. The highest BCUT2D eigenvalue weighted by atomic mass is 16.6. The Balaban J connectivity index is 2.75. The van der Waals surface area contributed by atoms with Crippen LogP contribution in [0, 0.1) is 10.1 Å². The van der Waals surface area contributed by atoms with Gasteiger partial charge in [0.1, 0.15) is 0 Å². The van der Waals surface area contributed by atoms with Gasteiger partial charge in [0, 0.05) is 6.07 Å². The maximum atomic E-state index is 10.9. The van der Waals surface area contributed by atoms with E-state index in [4.69, 9.17) is 9.47 Å². The normalized spacial score (nSPS) is 9.95. The molecule has 0 amide bonds. The average Bonchev–Trinajstić information content (AvgIpc) is 2.49. The van der Waals surface area contributed by atoms with Gasteiger partial charge in [-0.05, 0) is 25.7 Å². The van der Waals surface area contributed by atoms with Crippen LogP contribution in [0.25, 0.3) is 0 Å². The summed E-state index contributed by atoms with van der Waals surface area (Å²) in [4.78, 5) is 21.2. The second kappa shape index (κ2) is 8.73. The fourth-order valence-corrected chi connectivity index (χ4v) is 1.84. The quantitative estimate of drug-likeness (QED) is 0.217. The SMILES string of the molecule is C=CCCCCCOc1cc([N+](=O)[O-])c(C=O)cc1OC. The first kappa shape index (κ1) is 16.7. The van der Waals surface area contributed by atoms with Gasteiger partial charge in [0.2, 0.25) is 0 Å². The molecule has 0 radical (unpaired) electrons. The summed E-state index contributed by atoms with van der Waals surface area (Å²) in [7, 11) is 1.42. The molecule has 0 N–H and O–H groups in total. The number of carbonyl (C=O) groups excluding carboxylic acids is 1. The third-order valence-electron chi connectivity index (χ3n) is 2.95. The fourth-order valence-electron chi connectivity index (χ4n) is 1.84. The maximum Gasteiger partial charge on any atom is 0.283 e. The molecule has 0 heterocycles. The number of unbranched alkanes of at least 4 members (excludes halogenated alkanes) is 3. The molecule has 0 fully saturated rings. The lowest BCUT2D eigenvalue weighted by molar-refractivity contribution is -0.385. The molecule has 0 atom stereocenters. The van der Waals surface area contributed by atoms with Gasteiger partial charge in [-0.1, -0.05) is 6.08 Å². The highest BCUT2D eigenvalue weighted by molar-refractivity contribution is 5.83. The van der Waals surface area contributed by atoms with Gasteiger partial charge in [0.05, 0.1) is 30.3 Å². The number of hydrogen-bond acceptors (Lipinski definition) is 5. The minimum Gasteiger partial charge on any atom is -0.493 e. The molecule has 0 aliphatic rings. The zero-order valence-corrected chi connectivity index (χ0v) is 12.0.